The third-order valence-electron chi connectivity index (χ3n) is 1.83. The van der Waals surface area contributed by atoms with Crippen LogP contribution in [0.4, 0.5) is 0 Å². The van der Waals surface area contributed by atoms with Crippen molar-refractivity contribution in [2.24, 2.45) is 0 Å². The van der Waals surface area contributed by atoms with Gasteiger partial charge in [0, 0.05) is 0 Å². The second kappa shape index (κ2) is 4.16. The number of aromatic nitrogens is 1. The number of nitrogens with zero attached hydrogens (tertiary/aromatic N) is 3. The van der Waals surface area contributed by atoms with Crippen LogP contribution in [-0.2, 0) is 0 Å². The zero-order valence-corrected chi connectivity index (χ0v) is 7.97. The van der Waals surface area contributed by atoms with Gasteiger partial charge in [-0.25, -0.2) is 0 Å². The Labute approximate surface area is 91.1 Å². The molecule has 1 radical (unpaired) electrons. The summed E-state index contributed by atoms with van der Waals surface area (Å²) in [6, 6.07) is 8.60. The number of rotatable bonds is 2. The number of benzene rings is 1. The number of oxazole rings is 1. The van der Waals surface area contributed by atoms with E-state index < -0.39 is 0 Å². The van der Waals surface area contributed by atoms with E-state index in [0.29, 0.717) is 0 Å². The summed E-state index contributed by atoms with van der Waals surface area (Å²) in [5.41, 5.74) is 0.532. The van der Waals surface area contributed by atoms with Crippen LogP contribution in [0.1, 0.15) is 11.1 Å². The largest absolute Gasteiger partial charge is 0.437 e. The van der Waals surface area contributed by atoms with Crippen molar-refractivity contribution in [1.82, 2.24) is 4.98 Å². The van der Waals surface area contributed by atoms with Crippen LogP contribution in [0.25, 0.3) is 0 Å². The van der Waals surface area contributed by atoms with E-state index in [4.69, 9.17) is 15.3 Å². The van der Waals surface area contributed by atoms with Gasteiger partial charge >= 0.3 is 0 Å². The topological polar surface area (TPSA) is 82.8 Å². The van der Waals surface area contributed by atoms with Gasteiger partial charge < -0.3 is 9.15 Å². The maximum absolute atomic E-state index is 8.88. The minimum absolute atomic E-state index is 0.152. The third-order valence-corrected chi connectivity index (χ3v) is 1.83. The second-order valence-corrected chi connectivity index (χ2v) is 2.78. The number of para-hydroxylation sites is 1. The third kappa shape index (κ3) is 1.70. The maximum atomic E-state index is 8.88. The van der Waals surface area contributed by atoms with Gasteiger partial charge in [-0.1, -0.05) is 6.07 Å². The summed E-state index contributed by atoms with van der Waals surface area (Å²) in [5, 5.41) is 17.8. The summed E-state index contributed by atoms with van der Waals surface area (Å²) in [6.45, 7) is 0. The van der Waals surface area contributed by atoms with Crippen LogP contribution in [0, 0.1) is 29.1 Å². The van der Waals surface area contributed by atoms with Crippen molar-refractivity contribution in [3.63, 3.8) is 0 Å². The Balaban J connectivity index is 2.47. The predicted molar refractivity (Wildman–Crippen MR) is 51.3 cm³/mol. The van der Waals surface area contributed by atoms with Gasteiger partial charge in [0.2, 0.25) is 0 Å². The zero-order chi connectivity index (χ0) is 11.4. The highest BCUT2D eigenvalue weighted by Gasteiger charge is 2.11. The molecule has 0 fully saturated rings. The minimum atomic E-state index is 0.152. The van der Waals surface area contributed by atoms with Gasteiger partial charge in [-0.05, 0) is 12.1 Å². The summed E-state index contributed by atoms with van der Waals surface area (Å²) in [4.78, 5) is 3.63. The molecule has 0 aliphatic rings. The molecule has 0 spiro atoms. The van der Waals surface area contributed by atoms with Gasteiger partial charge in [0.25, 0.3) is 12.3 Å². The molecular weight excluding hydrogens is 206 g/mol. The number of hydrogen-bond donors (Lipinski definition) is 0. The lowest BCUT2D eigenvalue weighted by atomic mass is 10.1. The van der Waals surface area contributed by atoms with Gasteiger partial charge in [0.1, 0.15) is 12.1 Å². The molecule has 0 saturated carbocycles. The molecule has 2 rings (SSSR count). The van der Waals surface area contributed by atoms with E-state index in [0.717, 1.165) is 0 Å². The van der Waals surface area contributed by atoms with Crippen LogP contribution in [0.15, 0.2) is 28.9 Å². The normalized spacial score (nSPS) is 9.12. The van der Waals surface area contributed by atoms with Gasteiger partial charge in [-0.2, -0.15) is 15.5 Å². The highest BCUT2D eigenvalue weighted by molar-refractivity contribution is 5.54. The van der Waals surface area contributed by atoms with Crippen LogP contribution < -0.4 is 4.74 Å². The molecule has 5 nitrogen and oxygen atoms in total. The Morgan fingerprint density at radius 1 is 1.25 bits per heavy atom. The SMILES string of the molecule is N#Cc1cccc(C#N)c1Oc1co[c]n1. The van der Waals surface area contributed by atoms with E-state index in [1.54, 1.807) is 18.2 Å². The average Bonchev–Trinajstić information content (AvgIpc) is 2.82. The molecule has 1 aromatic heterocycles. The van der Waals surface area contributed by atoms with Crippen molar-refractivity contribution in [3.8, 4) is 23.8 Å². The molecule has 0 unspecified atom stereocenters. The molecule has 2 aromatic rings. The first-order chi connectivity index (χ1) is 7.85. The Morgan fingerprint density at radius 2 is 1.94 bits per heavy atom. The molecule has 0 bridgehead atoms. The molecule has 0 atom stereocenters. The molecule has 0 N–H and O–H groups in total. The van der Waals surface area contributed by atoms with Crippen molar-refractivity contribution in [2.45, 2.75) is 0 Å². The van der Waals surface area contributed by atoms with E-state index in [-0.39, 0.29) is 22.8 Å². The summed E-state index contributed by atoms with van der Waals surface area (Å²) >= 11 is 0. The second-order valence-electron chi connectivity index (χ2n) is 2.78. The molecular formula is C11H4N3O2. The van der Waals surface area contributed by atoms with Crippen molar-refractivity contribution in [2.75, 3.05) is 0 Å². The molecule has 1 aromatic carbocycles. The standard InChI is InChI=1S/C11H4N3O2/c12-4-8-2-1-3-9(5-13)11(8)16-10-6-15-7-14-10/h1-3,6H. The predicted octanol–water partition coefficient (Wildman–Crippen LogP) is 2.01. The molecule has 0 amide bonds. The van der Waals surface area contributed by atoms with Crippen LogP contribution >= 0.6 is 0 Å². The fourth-order valence-electron chi connectivity index (χ4n) is 1.15. The lowest BCUT2D eigenvalue weighted by molar-refractivity contribution is 0.454. The fraction of sp³-hybridized carbons (Fsp3) is 0. The van der Waals surface area contributed by atoms with Gasteiger partial charge in [0.05, 0.1) is 11.1 Å². The minimum Gasteiger partial charge on any atom is -0.437 e. The fourth-order valence-corrected chi connectivity index (χ4v) is 1.15. The summed E-state index contributed by atoms with van der Waals surface area (Å²) in [5.74, 6) is 0.328. The molecule has 0 aliphatic carbocycles. The highest BCUT2D eigenvalue weighted by Crippen LogP contribution is 2.27. The smallest absolute Gasteiger partial charge is 0.287 e. The van der Waals surface area contributed by atoms with E-state index >= 15 is 0 Å². The van der Waals surface area contributed by atoms with E-state index in [1.807, 2.05) is 12.1 Å². The summed E-state index contributed by atoms with van der Waals surface area (Å²) in [7, 11) is 0. The van der Waals surface area contributed by atoms with E-state index in [9.17, 15) is 0 Å². The van der Waals surface area contributed by atoms with Crippen LogP contribution in [0.3, 0.4) is 0 Å². The highest BCUT2D eigenvalue weighted by atomic mass is 16.5. The first kappa shape index (κ1) is 9.75. The van der Waals surface area contributed by atoms with Crippen LogP contribution in [0.5, 0.6) is 11.6 Å². The number of nitriles is 2. The first-order valence-corrected chi connectivity index (χ1v) is 4.28. The summed E-state index contributed by atoms with van der Waals surface area (Å²) in [6.07, 6.45) is 3.44. The molecule has 0 aliphatic heterocycles. The molecule has 1 heterocycles. The molecule has 16 heavy (non-hydrogen) atoms. The Bertz CT molecular complexity index is 544. The van der Waals surface area contributed by atoms with Gasteiger partial charge in [-0.15, -0.1) is 0 Å². The van der Waals surface area contributed by atoms with Crippen LogP contribution in [-0.4, -0.2) is 4.98 Å². The van der Waals surface area contributed by atoms with Crippen molar-refractivity contribution < 1.29 is 9.15 Å². The molecule has 0 saturated heterocycles. The lowest BCUT2D eigenvalue weighted by Gasteiger charge is -2.04. The molecule has 75 valence electrons. The van der Waals surface area contributed by atoms with Crippen LogP contribution in [0.2, 0.25) is 0 Å². The zero-order valence-electron chi connectivity index (χ0n) is 7.97. The number of ether oxygens (including phenoxy) is 1. The van der Waals surface area contributed by atoms with Crippen molar-refractivity contribution in [1.29, 1.82) is 10.5 Å². The van der Waals surface area contributed by atoms with Crippen molar-refractivity contribution in [3.05, 3.63) is 42.0 Å². The monoisotopic (exact) mass is 210 g/mol. The van der Waals surface area contributed by atoms with Gasteiger partial charge in [-0.3, -0.25) is 0 Å². The Hall–Kier alpha value is -2.79. The lowest BCUT2D eigenvalue weighted by Crippen LogP contribution is -1.92. The first-order valence-electron chi connectivity index (χ1n) is 4.28. The summed E-state index contributed by atoms with van der Waals surface area (Å²) < 4.78 is 9.89. The van der Waals surface area contributed by atoms with Gasteiger partial charge in [0.15, 0.2) is 12.0 Å². The quantitative estimate of drug-likeness (QED) is 0.756. The van der Waals surface area contributed by atoms with E-state index in [1.165, 1.54) is 6.26 Å². The number of hydrogen-bond acceptors (Lipinski definition) is 5. The van der Waals surface area contributed by atoms with Crippen molar-refractivity contribution >= 4 is 0 Å². The van der Waals surface area contributed by atoms with E-state index in [2.05, 4.69) is 15.8 Å². The Kier molecular flexibility index (Phi) is 2.53. The average molecular weight is 210 g/mol. The maximum Gasteiger partial charge on any atom is 0.287 e. The Morgan fingerprint density at radius 3 is 2.44 bits per heavy atom. The molecule has 5 heteroatoms.